The first-order valence-electron chi connectivity index (χ1n) is 7.57. The Morgan fingerprint density at radius 2 is 1.14 bits per heavy atom. The van der Waals surface area contributed by atoms with E-state index in [9.17, 15) is 9.59 Å². The van der Waals surface area contributed by atoms with Gasteiger partial charge in [-0.2, -0.15) is 0 Å². The molecule has 0 aliphatic carbocycles. The number of primary amides is 2. The fraction of sp³-hybridized carbons (Fsp3) is 0.857. The molecule has 0 aliphatic heterocycles. The summed E-state index contributed by atoms with van der Waals surface area (Å²) in [6.45, 7) is 9.37. The summed E-state index contributed by atoms with van der Waals surface area (Å²) < 4.78 is 0. The van der Waals surface area contributed by atoms with Gasteiger partial charge in [0.1, 0.15) is 0 Å². The summed E-state index contributed by atoms with van der Waals surface area (Å²) in [4.78, 5) is 22.4. The molecular formula is C14H30N4O2S2. The zero-order valence-corrected chi connectivity index (χ0v) is 15.6. The highest BCUT2D eigenvalue weighted by Crippen LogP contribution is 2.19. The quantitative estimate of drug-likeness (QED) is 0.285. The van der Waals surface area contributed by atoms with Crippen LogP contribution in [0.3, 0.4) is 0 Å². The normalized spacial score (nSPS) is 14.3. The van der Waals surface area contributed by atoms with Crippen molar-refractivity contribution in [3.05, 3.63) is 0 Å². The molecule has 0 saturated carbocycles. The summed E-state index contributed by atoms with van der Waals surface area (Å²) >= 11 is 0. The van der Waals surface area contributed by atoms with E-state index < -0.39 is 0 Å². The van der Waals surface area contributed by atoms with Gasteiger partial charge in [0.2, 0.25) is 11.8 Å². The van der Waals surface area contributed by atoms with Crippen LogP contribution in [0, 0.1) is 11.8 Å². The van der Waals surface area contributed by atoms with E-state index in [1.807, 2.05) is 27.7 Å². The summed E-state index contributed by atoms with van der Waals surface area (Å²) in [7, 11) is 3.47. The number of carbonyl (C=O) groups is 2. The molecule has 0 aliphatic rings. The minimum absolute atomic E-state index is 0.195. The Balaban J connectivity index is 3.66. The van der Waals surface area contributed by atoms with Crippen molar-refractivity contribution >= 4 is 33.4 Å². The number of nitrogens with two attached hydrogens (primary N) is 2. The van der Waals surface area contributed by atoms with Gasteiger partial charge in [0.25, 0.3) is 0 Å². The van der Waals surface area contributed by atoms with Crippen molar-refractivity contribution in [3.63, 3.8) is 0 Å². The number of hydrogen-bond donors (Lipinski definition) is 4. The third-order valence-electron chi connectivity index (χ3n) is 3.13. The van der Waals surface area contributed by atoms with Gasteiger partial charge in [-0.1, -0.05) is 49.3 Å². The monoisotopic (exact) mass is 350 g/mol. The maximum Gasteiger partial charge on any atom is 0.234 e. The molecule has 0 bridgehead atoms. The number of hydrogen-bond acceptors (Lipinski definition) is 6. The van der Waals surface area contributed by atoms with E-state index in [-0.39, 0.29) is 35.7 Å². The van der Waals surface area contributed by atoms with Crippen LogP contribution in [0.4, 0.5) is 0 Å². The van der Waals surface area contributed by atoms with Gasteiger partial charge in [-0.25, -0.2) is 0 Å². The molecule has 0 aromatic rings. The minimum atomic E-state index is -0.303. The van der Waals surface area contributed by atoms with Crippen molar-refractivity contribution in [1.29, 1.82) is 0 Å². The first-order chi connectivity index (χ1) is 10.3. The third-order valence-corrected chi connectivity index (χ3v) is 5.54. The average molecular weight is 351 g/mol. The summed E-state index contributed by atoms with van der Waals surface area (Å²) in [6.07, 6.45) is 0. The number of nitrogens with one attached hydrogen (secondary N) is 2. The number of amides is 2. The van der Waals surface area contributed by atoms with Crippen molar-refractivity contribution in [1.82, 2.24) is 10.6 Å². The first-order valence-corrected chi connectivity index (χ1v) is 10.1. The maximum absolute atomic E-state index is 11.2. The van der Waals surface area contributed by atoms with Crippen LogP contribution in [0.15, 0.2) is 0 Å². The Kier molecular flexibility index (Phi) is 11.8. The first kappa shape index (κ1) is 21.6. The van der Waals surface area contributed by atoms with Crippen molar-refractivity contribution in [2.45, 2.75) is 39.8 Å². The van der Waals surface area contributed by atoms with Crippen molar-refractivity contribution in [3.8, 4) is 0 Å². The second-order valence-corrected chi connectivity index (χ2v) is 8.50. The van der Waals surface area contributed by atoms with Gasteiger partial charge < -0.3 is 22.1 Å². The summed E-state index contributed by atoms with van der Waals surface area (Å²) in [5.41, 5.74) is 10.7. The van der Waals surface area contributed by atoms with Gasteiger partial charge in [-0.3, -0.25) is 9.59 Å². The van der Waals surface area contributed by atoms with Crippen LogP contribution in [0.25, 0.3) is 0 Å². The SMILES string of the molecule is CC(C)C(NCCSSCCNC(C(N)=O)C(C)C)C(N)=O. The lowest BCUT2D eigenvalue weighted by Crippen LogP contribution is -2.45. The highest BCUT2D eigenvalue weighted by molar-refractivity contribution is 8.76. The second-order valence-electron chi connectivity index (χ2n) is 5.80. The molecule has 0 fully saturated rings. The Hall–Kier alpha value is -0.440. The molecule has 22 heavy (non-hydrogen) atoms. The highest BCUT2D eigenvalue weighted by Gasteiger charge is 2.18. The second kappa shape index (κ2) is 12.0. The largest absolute Gasteiger partial charge is 0.368 e. The van der Waals surface area contributed by atoms with Crippen LogP contribution in [-0.4, -0.2) is 48.5 Å². The van der Waals surface area contributed by atoms with Crippen molar-refractivity contribution < 1.29 is 9.59 Å². The van der Waals surface area contributed by atoms with Crippen molar-refractivity contribution in [2.24, 2.45) is 23.3 Å². The van der Waals surface area contributed by atoms with E-state index in [4.69, 9.17) is 11.5 Å². The Labute approximate surface area is 141 Å². The molecule has 2 amide bonds. The minimum Gasteiger partial charge on any atom is -0.368 e. The smallest absolute Gasteiger partial charge is 0.234 e. The molecule has 6 nitrogen and oxygen atoms in total. The van der Waals surface area contributed by atoms with Gasteiger partial charge in [-0.05, 0) is 11.8 Å². The molecule has 0 aromatic heterocycles. The van der Waals surface area contributed by atoms with E-state index in [2.05, 4.69) is 10.6 Å². The molecule has 0 radical (unpaired) electrons. The van der Waals surface area contributed by atoms with Crippen LogP contribution < -0.4 is 22.1 Å². The lowest BCUT2D eigenvalue weighted by Gasteiger charge is -2.19. The van der Waals surface area contributed by atoms with Crippen LogP contribution >= 0.6 is 21.6 Å². The molecular weight excluding hydrogens is 320 g/mol. The predicted molar refractivity (Wildman–Crippen MR) is 96.6 cm³/mol. The maximum atomic E-state index is 11.2. The molecule has 130 valence electrons. The summed E-state index contributed by atoms with van der Waals surface area (Å²) in [5.74, 6) is 1.57. The average Bonchev–Trinajstić information content (AvgIpc) is 2.38. The van der Waals surface area contributed by atoms with Crippen LogP contribution in [0.1, 0.15) is 27.7 Å². The zero-order chi connectivity index (χ0) is 17.1. The predicted octanol–water partition coefficient (Wildman–Crippen LogP) is 0.567. The zero-order valence-electron chi connectivity index (χ0n) is 13.9. The molecule has 0 aromatic carbocycles. The Morgan fingerprint density at radius 3 is 1.36 bits per heavy atom. The highest BCUT2D eigenvalue weighted by atomic mass is 33.1. The molecule has 0 heterocycles. The molecule has 0 rings (SSSR count). The Bertz CT molecular complexity index is 309. The standard InChI is InChI=1S/C14H30N4O2S2/c1-9(2)11(13(15)19)17-5-7-21-22-8-6-18-12(10(3)4)14(16)20/h9-12,17-18H,5-8H2,1-4H3,(H2,15,19)(H2,16,20). The van der Waals surface area contributed by atoms with Gasteiger partial charge in [0.15, 0.2) is 0 Å². The van der Waals surface area contributed by atoms with Gasteiger partial charge in [0, 0.05) is 24.6 Å². The number of carbonyl (C=O) groups excluding carboxylic acids is 2. The lowest BCUT2D eigenvalue weighted by atomic mass is 10.0. The third kappa shape index (κ3) is 9.55. The topological polar surface area (TPSA) is 110 Å². The molecule has 0 spiro atoms. The van der Waals surface area contributed by atoms with E-state index in [1.165, 1.54) is 0 Å². The van der Waals surface area contributed by atoms with E-state index in [0.717, 1.165) is 24.6 Å². The molecule has 8 heteroatoms. The summed E-state index contributed by atoms with van der Waals surface area (Å²) in [6, 6.07) is -0.538. The van der Waals surface area contributed by atoms with Crippen LogP contribution in [0.2, 0.25) is 0 Å². The van der Waals surface area contributed by atoms with Gasteiger partial charge in [-0.15, -0.1) is 0 Å². The van der Waals surface area contributed by atoms with Gasteiger partial charge in [0.05, 0.1) is 12.1 Å². The molecule has 0 saturated heterocycles. The lowest BCUT2D eigenvalue weighted by molar-refractivity contribution is -0.121. The number of rotatable bonds is 13. The van der Waals surface area contributed by atoms with E-state index in [1.54, 1.807) is 21.6 Å². The van der Waals surface area contributed by atoms with Crippen LogP contribution in [-0.2, 0) is 9.59 Å². The fourth-order valence-corrected chi connectivity index (χ4v) is 3.80. The molecule has 2 atom stereocenters. The Morgan fingerprint density at radius 1 is 0.818 bits per heavy atom. The fourth-order valence-electron chi connectivity index (χ4n) is 1.96. The van der Waals surface area contributed by atoms with E-state index >= 15 is 0 Å². The van der Waals surface area contributed by atoms with Crippen molar-refractivity contribution in [2.75, 3.05) is 24.6 Å². The molecule has 6 N–H and O–H groups in total. The van der Waals surface area contributed by atoms with Crippen LogP contribution in [0.5, 0.6) is 0 Å². The summed E-state index contributed by atoms with van der Waals surface area (Å²) in [5, 5.41) is 6.34. The molecule has 2 unspecified atom stereocenters. The van der Waals surface area contributed by atoms with Gasteiger partial charge >= 0.3 is 0 Å². The van der Waals surface area contributed by atoms with E-state index in [0.29, 0.717) is 0 Å².